The van der Waals surface area contributed by atoms with Gasteiger partial charge >= 0.3 is 0 Å². The van der Waals surface area contributed by atoms with Crippen molar-refractivity contribution in [3.05, 3.63) is 102 Å². The molecule has 0 unspecified atom stereocenters. The Morgan fingerprint density at radius 2 is 1.67 bits per heavy atom. The number of nitrogens with one attached hydrogen (secondary N) is 1. The maximum atomic E-state index is 13.0. The van der Waals surface area contributed by atoms with Gasteiger partial charge in [-0.25, -0.2) is 0 Å². The topological polar surface area (TPSA) is 55.4 Å². The van der Waals surface area contributed by atoms with Crippen molar-refractivity contribution in [1.29, 1.82) is 0 Å². The third kappa shape index (κ3) is 5.92. The molecule has 0 heterocycles. The molecule has 0 saturated carbocycles. The third-order valence-corrected chi connectivity index (χ3v) is 4.20. The van der Waals surface area contributed by atoms with Crippen molar-refractivity contribution < 1.29 is 21.2 Å². The minimum absolute atomic E-state index is 0.222. The van der Waals surface area contributed by atoms with E-state index in [4.69, 9.17) is 11.6 Å². The second-order valence-corrected chi connectivity index (χ2v) is 6.87. The van der Waals surface area contributed by atoms with Crippen molar-refractivity contribution >= 4 is 23.5 Å². The van der Waals surface area contributed by atoms with Crippen LogP contribution < -0.4 is 10.1 Å². The lowest BCUT2D eigenvalue weighted by molar-refractivity contribution is -0.121. The summed E-state index contributed by atoms with van der Waals surface area (Å²) >= 11 is 0. The van der Waals surface area contributed by atoms with Gasteiger partial charge < -0.3 is 10.1 Å². The Bertz CT molecular complexity index is 1240. The second kappa shape index (κ2) is 10.2. The maximum absolute atomic E-state index is 13.0. The van der Waals surface area contributed by atoms with Crippen molar-refractivity contribution in [2.75, 3.05) is 5.32 Å². The fourth-order valence-electron chi connectivity index (χ4n) is 2.61. The average Bonchev–Trinajstić information content (AvgIpc) is 2.86. The van der Waals surface area contributed by atoms with Crippen molar-refractivity contribution in [2.24, 2.45) is 5.92 Å². The van der Waals surface area contributed by atoms with Gasteiger partial charge in [0, 0.05) is 11.6 Å². The summed E-state index contributed by atoms with van der Waals surface area (Å²) in [6.07, 6.45) is 1.06. The van der Waals surface area contributed by atoms with Crippen LogP contribution in [0.25, 0.3) is 6.08 Å². The number of ketones is 1. The number of ether oxygens (including phenoxy) is 1. The summed E-state index contributed by atoms with van der Waals surface area (Å²) in [5.41, 5.74) is 0.896. The molecule has 152 valence electrons. The van der Waals surface area contributed by atoms with Crippen molar-refractivity contribution in [3.63, 3.8) is 0 Å². The van der Waals surface area contributed by atoms with Crippen LogP contribution in [0.1, 0.15) is 31.8 Å². The zero-order chi connectivity index (χ0) is 25.7. The first-order chi connectivity index (χ1) is 16.6. The molecule has 0 aliphatic rings. The summed E-state index contributed by atoms with van der Waals surface area (Å²) in [5, 5.41) is 2.64. The van der Waals surface area contributed by atoms with Gasteiger partial charge in [-0.3, -0.25) is 9.59 Å². The number of amides is 1. The van der Waals surface area contributed by atoms with E-state index in [1.54, 1.807) is 38.1 Å². The monoisotopic (exact) mass is 404 g/mol. The van der Waals surface area contributed by atoms with E-state index >= 15 is 0 Å². The third-order valence-electron chi connectivity index (χ3n) is 4.20. The van der Waals surface area contributed by atoms with Gasteiger partial charge in [0.25, 0.3) is 5.91 Å². The van der Waals surface area contributed by atoms with Crippen molar-refractivity contribution in [1.82, 2.24) is 0 Å². The summed E-state index contributed by atoms with van der Waals surface area (Å²) in [6, 6.07) is 13.7. The highest BCUT2D eigenvalue weighted by Gasteiger charge is 2.21. The lowest BCUT2D eigenvalue weighted by Gasteiger charge is -2.12. The number of anilines is 1. The molecule has 0 radical (unpaired) electrons. The highest BCUT2D eigenvalue weighted by Crippen LogP contribution is 2.19. The van der Waals surface area contributed by atoms with Crippen molar-refractivity contribution in [3.8, 4) is 5.75 Å². The predicted octanol–water partition coefficient (Wildman–Crippen LogP) is 5.51. The van der Waals surface area contributed by atoms with Gasteiger partial charge in [-0.05, 0) is 41.5 Å². The van der Waals surface area contributed by atoms with Gasteiger partial charge in [0.2, 0.25) is 0 Å². The Morgan fingerprint density at radius 1 is 1.00 bits per heavy atom. The minimum Gasteiger partial charge on any atom is -0.489 e. The van der Waals surface area contributed by atoms with E-state index in [0.29, 0.717) is 18.0 Å². The molecule has 4 nitrogen and oxygen atoms in total. The van der Waals surface area contributed by atoms with Crippen molar-refractivity contribution in [2.45, 2.75) is 20.5 Å². The van der Waals surface area contributed by atoms with E-state index in [1.165, 1.54) is 0 Å². The summed E-state index contributed by atoms with van der Waals surface area (Å²) in [6.45, 7) is 3.62. The van der Waals surface area contributed by atoms with Gasteiger partial charge in [-0.1, -0.05) is 74.4 Å². The van der Waals surface area contributed by atoms with Crippen LogP contribution in [-0.4, -0.2) is 11.7 Å². The molecule has 0 spiro atoms. The summed E-state index contributed by atoms with van der Waals surface area (Å²) < 4.78 is 45.3. The van der Waals surface area contributed by atoms with Crippen LogP contribution in [0, 0.1) is 5.92 Å². The first kappa shape index (κ1) is 15.2. The number of carbonyl (C=O) groups is 2. The molecule has 3 aromatic carbocycles. The van der Waals surface area contributed by atoms with E-state index in [0.717, 1.165) is 11.6 Å². The Kier molecular flexibility index (Phi) is 5.18. The quantitative estimate of drug-likeness (QED) is 0.306. The maximum Gasteiger partial charge on any atom is 0.259 e. The molecule has 0 aliphatic heterocycles. The van der Waals surface area contributed by atoms with Gasteiger partial charge in [0.1, 0.15) is 12.4 Å². The fraction of sp³-hybridized carbons (Fsp3) is 0.154. The molecule has 0 aromatic heterocycles. The number of rotatable bonds is 8. The molecule has 30 heavy (non-hydrogen) atoms. The second-order valence-electron chi connectivity index (χ2n) is 6.87. The van der Waals surface area contributed by atoms with E-state index in [9.17, 15) is 9.59 Å². The molecule has 4 heteroatoms. The van der Waals surface area contributed by atoms with Gasteiger partial charge in [0.05, 0.1) is 12.4 Å². The Morgan fingerprint density at radius 3 is 2.30 bits per heavy atom. The summed E-state index contributed by atoms with van der Waals surface area (Å²) in [4.78, 5) is 25.8. The number of hydrogen-bond acceptors (Lipinski definition) is 3. The fourth-order valence-corrected chi connectivity index (χ4v) is 2.61. The molecule has 0 aliphatic carbocycles. The highest BCUT2D eigenvalue weighted by atomic mass is 16.5. The molecule has 1 N–H and O–H groups in total. The Labute approximate surface area is 184 Å². The molecular weight excluding hydrogens is 374 g/mol. The minimum atomic E-state index is -0.742. The van der Waals surface area contributed by atoms with Crippen LogP contribution in [0.3, 0.4) is 0 Å². The molecule has 3 rings (SSSR count). The van der Waals surface area contributed by atoms with Crippen LogP contribution in [0.2, 0.25) is 0 Å². The molecular formula is C26H25NO3. The Hall–Kier alpha value is -3.66. The SMILES string of the molecule is [2H]c1c([2H])c([2H])c(C=C(C(=O)Nc2ccc(OCc3ccccc3)cc2)C(=O)C(C)C)c([2H])c1[2H]. The zero-order valence-electron chi connectivity index (χ0n) is 21.8. The summed E-state index contributed by atoms with van der Waals surface area (Å²) in [5.74, 6) is -1.21. The smallest absolute Gasteiger partial charge is 0.259 e. The van der Waals surface area contributed by atoms with Crippen LogP contribution in [0.15, 0.2) is 90.4 Å². The van der Waals surface area contributed by atoms with E-state index in [1.807, 2.05) is 30.3 Å². The standard InChI is InChI=1S/C26H25NO3/c1-19(2)25(28)24(17-20-9-5-3-6-10-20)26(29)27-22-13-15-23(16-14-22)30-18-21-11-7-4-8-12-21/h3-17,19H,18H2,1-2H3,(H,27,29)/i3D,5D,6D,9D,10D. The predicted molar refractivity (Wildman–Crippen MR) is 120 cm³/mol. The van der Waals surface area contributed by atoms with Crippen LogP contribution in [0.5, 0.6) is 5.75 Å². The molecule has 0 bridgehead atoms. The molecule has 0 fully saturated rings. The van der Waals surface area contributed by atoms with Gasteiger partial charge in [-0.15, -0.1) is 0 Å². The van der Waals surface area contributed by atoms with E-state index < -0.39 is 47.8 Å². The molecule has 3 aromatic rings. The van der Waals surface area contributed by atoms with E-state index in [-0.39, 0.29) is 11.1 Å². The zero-order valence-corrected chi connectivity index (χ0v) is 16.8. The van der Waals surface area contributed by atoms with Crippen LogP contribution >= 0.6 is 0 Å². The first-order valence-electron chi connectivity index (χ1n) is 12.0. The lowest BCUT2D eigenvalue weighted by Crippen LogP contribution is -2.23. The van der Waals surface area contributed by atoms with Gasteiger partial charge in [-0.2, -0.15) is 0 Å². The Balaban J connectivity index is 1.85. The summed E-state index contributed by atoms with van der Waals surface area (Å²) in [7, 11) is 0. The van der Waals surface area contributed by atoms with Gasteiger partial charge in [0.15, 0.2) is 5.78 Å². The molecule has 0 saturated heterocycles. The van der Waals surface area contributed by atoms with E-state index in [2.05, 4.69) is 5.32 Å². The number of Topliss-reactive ketones (excluding diaryl/α,β-unsaturated/α-hetero) is 1. The highest BCUT2D eigenvalue weighted by molar-refractivity contribution is 6.26. The number of hydrogen-bond donors (Lipinski definition) is 1. The first-order valence-corrected chi connectivity index (χ1v) is 9.51. The van der Waals surface area contributed by atoms with Crippen LogP contribution in [-0.2, 0) is 16.2 Å². The normalized spacial score (nSPS) is 13.6. The number of benzene rings is 3. The molecule has 0 atom stereocenters. The average molecular weight is 405 g/mol. The molecule has 1 amide bonds. The largest absolute Gasteiger partial charge is 0.489 e. The lowest BCUT2D eigenvalue weighted by atomic mass is 9.98. The number of carbonyl (C=O) groups excluding carboxylic acids is 2. The van der Waals surface area contributed by atoms with Crippen LogP contribution in [0.4, 0.5) is 5.69 Å².